The van der Waals surface area contributed by atoms with Crippen LogP contribution in [-0.4, -0.2) is 24.8 Å². The van der Waals surface area contributed by atoms with Crippen molar-refractivity contribution in [2.75, 3.05) is 13.2 Å². The van der Waals surface area contributed by atoms with Gasteiger partial charge in [-0.3, -0.25) is 4.79 Å². The number of hydrazone groups is 1. The Morgan fingerprint density at radius 1 is 1.09 bits per heavy atom. The van der Waals surface area contributed by atoms with Gasteiger partial charge < -0.3 is 9.47 Å². The molecule has 5 heteroatoms. The first-order valence-corrected chi connectivity index (χ1v) is 8.52. The van der Waals surface area contributed by atoms with E-state index in [1.807, 2.05) is 32.0 Å². The SMILES string of the molecule is CCOc1ccc(C2=NNC(=O)C3CCCCC23)cc1OCC. The minimum Gasteiger partial charge on any atom is -0.490 e. The topological polar surface area (TPSA) is 59.9 Å². The summed E-state index contributed by atoms with van der Waals surface area (Å²) in [6.45, 7) is 5.09. The molecule has 3 rings (SSSR count). The van der Waals surface area contributed by atoms with Crippen LogP contribution < -0.4 is 14.9 Å². The van der Waals surface area contributed by atoms with E-state index in [1.54, 1.807) is 0 Å². The van der Waals surface area contributed by atoms with E-state index >= 15 is 0 Å². The summed E-state index contributed by atoms with van der Waals surface area (Å²) in [4.78, 5) is 12.1. The van der Waals surface area contributed by atoms with Crippen molar-refractivity contribution >= 4 is 11.6 Å². The number of hydrogen-bond acceptors (Lipinski definition) is 4. The minimum absolute atomic E-state index is 0.0540. The lowest BCUT2D eigenvalue weighted by atomic mass is 9.74. The Morgan fingerprint density at radius 2 is 1.78 bits per heavy atom. The van der Waals surface area contributed by atoms with Crippen LogP contribution in [0.1, 0.15) is 45.1 Å². The van der Waals surface area contributed by atoms with Crippen molar-refractivity contribution in [1.29, 1.82) is 0 Å². The summed E-state index contributed by atoms with van der Waals surface area (Å²) in [6.07, 6.45) is 4.25. The van der Waals surface area contributed by atoms with Gasteiger partial charge in [0.25, 0.3) is 0 Å². The highest BCUT2D eigenvalue weighted by Crippen LogP contribution is 2.37. The van der Waals surface area contributed by atoms with Crippen molar-refractivity contribution < 1.29 is 14.3 Å². The summed E-state index contributed by atoms with van der Waals surface area (Å²) in [5.74, 6) is 1.82. The highest BCUT2D eigenvalue weighted by molar-refractivity contribution is 6.07. The zero-order valence-electron chi connectivity index (χ0n) is 13.8. The number of ether oxygens (including phenoxy) is 2. The minimum atomic E-state index is 0.0540. The summed E-state index contributed by atoms with van der Waals surface area (Å²) in [5.41, 5.74) is 4.68. The quantitative estimate of drug-likeness (QED) is 0.908. The molecule has 23 heavy (non-hydrogen) atoms. The molecule has 2 aliphatic rings. The maximum absolute atomic E-state index is 12.1. The van der Waals surface area contributed by atoms with Gasteiger partial charge in [-0.15, -0.1) is 0 Å². The predicted molar refractivity (Wildman–Crippen MR) is 88.9 cm³/mol. The van der Waals surface area contributed by atoms with Crippen LogP contribution in [0.25, 0.3) is 0 Å². The van der Waals surface area contributed by atoms with Gasteiger partial charge in [0, 0.05) is 17.4 Å². The van der Waals surface area contributed by atoms with Gasteiger partial charge in [0.05, 0.1) is 18.9 Å². The molecule has 1 aromatic carbocycles. The van der Waals surface area contributed by atoms with Gasteiger partial charge in [0.2, 0.25) is 5.91 Å². The second-order valence-electron chi connectivity index (χ2n) is 6.00. The zero-order chi connectivity index (χ0) is 16.2. The van der Waals surface area contributed by atoms with Crippen LogP contribution in [0.2, 0.25) is 0 Å². The number of nitrogens with zero attached hydrogens (tertiary/aromatic N) is 1. The molecule has 1 heterocycles. The van der Waals surface area contributed by atoms with E-state index in [0.717, 1.165) is 48.5 Å². The first-order chi connectivity index (χ1) is 11.2. The zero-order valence-corrected chi connectivity index (χ0v) is 13.8. The molecule has 2 atom stereocenters. The molecule has 2 unspecified atom stereocenters. The second-order valence-corrected chi connectivity index (χ2v) is 6.00. The van der Waals surface area contributed by atoms with E-state index in [2.05, 4.69) is 10.5 Å². The van der Waals surface area contributed by atoms with Crippen molar-refractivity contribution in [2.24, 2.45) is 16.9 Å². The Balaban J connectivity index is 1.93. The predicted octanol–water partition coefficient (Wildman–Crippen LogP) is 3.12. The van der Waals surface area contributed by atoms with Crippen LogP contribution in [0.5, 0.6) is 11.5 Å². The Hall–Kier alpha value is -2.04. The van der Waals surface area contributed by atoms with Gasteiger partial charge in [-0.2, -0.15) is 5.10 Å². The molecular weight excluding hydrogens is 292 g/mol. The molecule has 0 spiro atoms. The number of amides is 1. The van der Waals surface area contributed by atoms with E-state index in [9.17, 15) is 4.79 Å². The number of fused-ring (bicyclic) bond motifs is 1. The number of nitrogens with one attached hydrogen (secondary N) is 1. The molecule has 1 fully saturated rings. The average molecular weight is 316 g/mol. The molecule has 5 nitrogen and oxygen atoms in total. The van der Waals surface area contributed by atoms with Gasteiger partial charge in [0.15, 0.2) is 11.5 Å². The number of benzene rings is 1. The van der Waals surface area contributed by atoms with Crippen LogP contribution >= 0.6 is 0 Å². The molecular formula is C18H24N2O3. The highest BCUT2D eigenvalue weighted by Gasteiger charge is 2.37. The summed E-state index contributed by atoms with van der Waals surface area (Å²) >= 11 is 0. The maximum atomic E-state index is 12.1. The van der Waals surface area contributed by atoms with Crippen LogP contribution in [0, 0.1) is 11.8 Å². The van der Waals surface area contributed by atoms with Crippen molar-refractivity contribution in [2.45, 2.75) is 39.5 Å². The molecule has 1 saturated carbocycles. The molecule has 1 aromatic rings. The van der Waals surface area contributed by atoms with Crippen LogP contribution in [0.15, 0.2) is 23.3 Å². The van der Waals surface area contributed by atoms with Crippen LogP contribution in [0.3, 0.4) is 0 Å². The number of hydrogen-bond donors (Lipinski definition) is 1. The number of carbonyl (C=O) groups is 1. The molecule has 0 radical (unpaired) electrons. The lowest BCUT2D eigenvalue weighted by molar-refractivity contribution is -0.127. The highest BCUT2D eigenvalue weighted by atomic mass is 16.5. The number of rotatable bonds is 5. The van der Waals surface area contributed by atoms with Crippen LogP contribution in [-0.2, 0) is 4.79 Å². The lowest BCUT2D eigenvalue weighted by Crippen LogP contribution is -2.43. The lowest BCUT2D eigenvalue weighted by Gasteiger charge is -2.34. The van der Waals surface area contributed by atoms with Crippen molar-refractivity contribution in [3.05, 3.63) is 23.8 Å². The summed E-state index contributed by atoms with van der Waals surface area (Å²) in [7, 11) is 0. The fourth-order valence-corrected chi connectivity index (χ4v) is 3.54. The normalized spacial score (nSPS) is 23.6. The van der Waals surface area contributed by atoms with E-state index in [4.69, 9.17) is 9.47 Å². The number of carbonyl (C=O) groups excluding carboxylic acids is 1. The first-order valence-electron chi connectivity index (χ1n) is 8.52. The molecule has 124 valence electrons. The fraction of sp³-hybridized carbons (Fsp3) is 0.556. The Bertz CT molecular complexity index is 612. The third-order valence-corrected chi connectivity index (χ3v) is 4.58. The molecule has 0 saturated heterocycles. The molecule has 1 aliphatic heterocycles. The van der Waals surface area contributed by atoms with E-state index in [1.165, 1.54) is 0 Å². The van der Waals surface area contributed by atoms with Gasteiger partial charge >= 0.3 is 0 Å². The second kappa shape index (κ2) is 7.02. The monoisotopic (exact) mass is 316 g/mol. The average Bonchev–Trinajstić information content (AvgIpc) is 2.58. The maximum Gasteiger partial charge on any atom is 0.243 e. The van der Waals surface area contributed by atoms with Crippen molar-refractivity contribution in [3.8, 4) is 11.5 Å². The van der Waals surface area contributed by atoms with E-state index in [-0.39, 0.29) is 17.7 Å². The van der Waals surface area contributed by atoms with Crippen LogP contribution in [0.4, 0.5) is 0 Å². The first kappa shape index (κ1) is 15.8. The van der Waals surface area contributed by atoms with Gasteiger partial charge in [-0.25, -0.2) is 5.43 Å². The summed E-state index contributed by atoms with van der Waals surface area (Å²) in [6, 6.07) is 5.92. The Kier molecular flexibility index (Phi) is 4.84. The molecule has 1 amide bonds. The Labute approximate surface area is 137 Å². The third kappa shape index (κ3) is 3.19. The summed E-state index contributed by atoms with van der Waals surface area (Å²) < 4.78 is 11.3. The fourth-order valence-electron chi connectivity index (χ4n) is 3.54. The molecule has 1 N–H and O–H groups in total. The van der Waals surface area contributed by atoms with Gasteiger partial charge in [0.1, 0.15) is 0 Å². The largest absolute Gasteiger partial charge is 0.490 e. The molecule has 0 bridgehead atoms. The van der Waals surface area contributed by atoms with Crippen molar-refractivity contribution in [1.82, 2.24) is 5.43 Å². The Morgan fingerprint density at radius 3 is 2.52 bits per heavy atom. The van der Waals surface area contributed by atoms with E-state index < -0.39 is 0 Å². The third-order valence-electron chi connectivity index (χ3n) is 4.58. The van der Waals surface area contributed by atoms with Crippen molar-refractivity contribution in [3.63, 3.8) is 0 Å². The molecule has 0 aromatic heterocycles. The van der Waals surface area contributed by atoms with Gasteiger partial charge in [-0.05, 0) is 44.9 Å². The standard InChI is InChI=1S/C18H24N2O3/c1-3-22-15-10-9-12(11-16(15)23-4-2)17-13-7-5-6-8-14(13)18(21)20-19-17/h9-11,13-14H,3-8H2,1-2H3,(H,20,21). The van der Waals surface area contributed by atoms with E-state index in [0.29, 0.717) is 13.2 Å². The smallest absolute Gasteiger partial charge is 0.243 e. The molecule has 1 aliphatic carbocycles. The van der Waals surface area contributed by atoms with Gasteiger partial charge in [-0.1, -0.05) is 12.8 Å². The summed E-state index contributed by atoms with van der Waals surface area (Å²) in [5, 5.41) is 4.36.